The van der Waals surface area contributed by atoms with E-state index >= 15 is 0 Å². The molecule has 1 fully saturated rings. The Morgan fingerprint density at radius 3 is 2.41 bits per heavy atom. The molecule has 34 heavy (non-hydrogen) atoms. The molecule has 0 spiro atoms. The summed E-state index contributed by atoms with van der Waals surface area (Å²) in [4.78, 5) is 26.0. The van der Waals surface area contributed by atoms with Crippen molar-refractivity contribution in [3.8, 4) is 6.07 Å². The average Bonchev–Trinajstić information content (AvgIpc) is 3.37. The van der Waals surface area contributed by atoms with Crippen LogP contribution in [0.25, 0.3) is 0 Å². The summed E-state index contributed by atoms with van der Waals surface area (Å²) in [6.07, 6.45) is -1.07. The third-order valence-corrected chi connectivity index (χ3v) is 7.56. The maximum Gasteiger partial charge on any atom is 0.252 e. The number of hydrogen-bond acceptors (Lipinski definition) is 6. The highest BCUT2D eigenvalue weighted by molar-refractivity contribution is 7.91. The number of alkyl halides is 2. The number of carbonyl (C=O) groups is 2. The molecule has 0 bridgehead atoms. The Labute approximate surface area is 199 Å². The molecule has 12 heteroatoms. The van der Waals surface area contributed by atoms with E-state index in [1.54, 1.807) is 12.1 Å². The van der Waals surface area contributed by atoms with Gasteiger partial charge in [-0.25, -0.2) is 21.6 Å². The number of ketones is 1. The summed E-state index contributed by atoms with van der Waals surface area (Å²) >= 11 is 0. The third kappa shape index (κ3) is 4.80. The maximum atomic E-state index is 14.8. The van der Waals surface area contributed by atoms with Crippen LogP contribution in [0.2, 0.25) is 0 Å². The first kappa shape index (κ1) is 25.7. The fourth-order valence-corrected chi connectivity index (χ4v) is 5.35. The first-order valence-electron chi connectivity index (χ1n) is 9.96. The molecule has 2 atom stereocenters. The smallest absolute Gasteiger partial charge is 0.252 e. The normalized spacial score (nSPS) is 22.1. The summed E-state index contributed by atoms with van der Waals surface area (Å²) in [6, 6.07) is 8.20. The highest BCUT2D eigenvalue weighted by Crippen LogP contribution is 2.51. The topological polar surface area (TPSA) is 121 Å². The Morgan fingerprint density at radius 2 is 1.85 bits per heavy atom. The molecule has 0 saturated heterocycles. The second-order valence-electron chi connectivity index (χ2n) is 8.21. The van der Waals surface area contributed by atoms with Gasteiger partial charge < -0.3 is 10.6 Å². The number of hydrogen-bond donors (Lipinski definition) is 1. The molecule has 1 aliphatic heterocycles. The summed E-state index contributed by atoms with van der Waals surface area (Å²) in [5.41, 5.74) is 5.88. The Hall–Kier alpha value is -2.94. The van der Waals surface area contributed by atoms with Crippen molar-refractivity contribution in [2.24, 2.45) is 11.7 Å². The molecule has 1 unspecified atom stereocenters. The minimum Gasteiger partial charge on any atom is -0.319 e. The Balaban J connectivity index is 0.00000324. The number of benzene rings is 2. The number of carbonyl (C=O) groups excluding carboxylic acids is 2. The van der Waals surface area contributed by atoms with Gasteiger partial charge in [0.25, 0.3) is 5.92 Å². The molecule has 1 saturated carbocycles. The van der Waals surface area contributed by atoms with Gasteiger partial charge in [0.1, 0.15) is 5.82 Å². The van der Waals surface area contributed by atoms with Gasteiger partial charge in [-0.3, -0.25) is 9.59 Å². The van der Waals surface area contributed by atoms with Crippen LogP contribution in [0, 0.1) is 23.1 Å². The lowest BCUT2D eigenvalue weighted by Gasteiger charge is -2.25. The van der Waals surface area contributed by atoms with Crippen molar-refractivity contribution in [2.45, 2.75) is 36.2 Å². The minimum atomic E-state index is -4.19. The van der Waals surface area contributed by atoms with Crippen molar-refractivity contribution >= 4 is 39.6 Å². The van der Waals surface area contributed by atoms with Gasteiger partial charge in [-0.2, -0.15) is 5.26 Å². The summed E-state index contributed by atoms with van der Waals surface area (Å²) in [5, 5.41) is 8.95. The van der Waals surface area contributed by atoms with Crippen LogP contribution >= 0.6 is 12.4 Å². The van der Waals surface area contributed by atoms with Crippen molar-refractivity contribution in [3.63, 3.8) is 0 Å². The van der Waals surface area contributed by atoms with E-state index in [0.717, 1.165) is 11.0 Å². The van der Waals surface area contributed by atoms with Crippen LogP contribution < -0.4 is 10.6 Å². The van der Waals surface area contributed by atoms with Gasteiger partial charge in [0.2, 0.25) is 5.91 Å². The molecule has 0 radical (unpaired) electrons. The molecule has 1 aliphatic carbocycles. The number of halogens is 4. The quantitative estimate of drug-likeness (QED) is 0.613. The van der Waals surface area contributed by atoms with Gasteiger partial charge in [0, 0.05) is 18.8 Å². The van der Waals surface area contributed by atoms with E-state index in [1.165, 1.54) is 12.1 Å². The van der Waals surface area contributed by atoms with Crippen molar-refractivity contribution in [2.75, 3.05) is 10.7 Å². The Bertz CT molecular complexity index is 1310. The number of anilines is 1. The van der Waals surface area contributed by atoms with Crippen molar-refractivity contribution in [1.29, 1.82) is 5.26 Å². The molecule has 7 nitrogen and oxygen atoms in total. The Kier molecular flexibility index (Phi) is 6.81. The number of rotatable bonds is 5. The van der Waals surface area contributed by atoms with Crippen LogP contribution in [0.3, 0.4) is 0 Å². The van der Waals surface area contributed by atoms with Gasteiger partial charge in [-0.05, 0) is 29.8 Å². The van der Waals surface area contributed by atoms with E-state index in [4.69, 9.17) is 11.0 Å². The van der Waals surface area contributed by atoms with E-state index in [-0.39, 0.29) is 24.6 Å². The van der Waals surface area contributed by atoms with E-state index in [1.807, 2.05) is 6.07 Å². The van der Waals surface area contributed by atoms with Gasteiger partial charge in [-0.15, -0.1) is 12.4 Å². The summed E-state index contributed by atoms with van der Waals surface area (Å²) < 4.78 is 66.8. The third-order valence-electron chi connectivity index (χ3n) is 5.77. The molecular weight excluding hydrogens is 495 g/mol. The van der Waals surface area contributed by atoms with Crippen molar-refractivity contribution in [3.05, 3.63) is 58.9 Å². The standard InChI is InChI=1S/C22H18F3N3O4S.ClH/c23-16-7-20-18(6-15(16)19(29)5-14-8-22(14,24)25)28(21(30)17(27)11-33(20,31)32)10-13-3-1-12(9-26)2-4-13;/h1-4,6-7,14,17H,5,8,10-11,27H2;1H/t14?,17-;/m0./s1. The molecule has 2 aromatic rings. The summed E-state index contributed by atoms with van der Waals surface area (Å²) in [7, 11) is -4.19. The minimum absolute atomic E-state index is 0. The van der Waals surface area contributed by atoms with Crippen LogP contribution in [0.4, 0.5) is 18.9 Å². The lowest BCUT2D eigenvalue weighted by molar-refractivity contribution is -0.119. The summed E-state index contributed by atoms with van der Waals surface area (Å²) in [5.74, 6) is -7.78. The van der Waals surface area contributed by atoms with Crippen LogP contribution in [0.15, 0.2) is 41.3 Å². The predicted molar refractivity (Wildman–Crippen MR) is 118 cm³/mol. The maximum absolute atomic E-state index is 14.8. The fourth-order valence-electron chi connectivity index (χ4n) is 3.79. The summed E-state index contributed by atoms with van der Waals surface area (Å²) in [6.45, 7) is -0.166. The zero-order valence-electron chi connectivity index (χ0n) is 17.5. The van der Waals surface area contributed by atoms with Gasteiger partial charge in [0.15, 0.2) is 15.6 Å². The zero-order valence-corrected chi connectivity index (χ0v) is 19.1. The molecule has 2 aromatic carbocycles. The van der Waals surface area contributed by atoms with Crippen molar-refractivity contribution < 1.29 is 31.2 Å². The number of Topliss-reactive ketones (excluding diaryl/α,β-unsaturated/α-hetero) is 1. The number of nitrogens with zero attached hydrogens (tertiary/aromatic N) is 2. The second-order valence-corrected chi connectivity index (χ2v) is 10.2. The molecule has 1 amide bonds. The van der Waals surface area contributed by atoms with Gasteiger partial charge >= 0.3 is 0 Å². The van der Waals surface area contributed by atoms with Crippen LogP contribution in [0.1, 0.15) is 34.3 Å². The van der Waals surface area contributed by atoms with E-state index < -0.39 is 74.3 Å². The SMILES string of the molecule is Cl.N#Cc1ccc(CN2C(=O)[C@@H](N)CS(=O)(=O)c3cc(F)c(C(=O)CC4CC4(F)F)cc32)cc1. The van der Waals surface area contributed by atoms with E-state index in [2.05, 4.69) is 0 Å². The zero-order chi connectivity index (χ0) is 24.1. The monoisotopic (exact) mass is 513 g/mol. The molecular formula is C22H19ClF3N3O4S. The first-order chi connectivity index (χ1) is 15.4. The lowest BCUT2D eigenvalue weighted by Crippen LogP contribution is -2.45. The number of nitrogens with two attached hydrogens (primary N) is 1. The molecule has 4 rings (SSSR count). The van der Waals surface area contributed by atoms with E-state index in [9.17, 15) is 31.2 Å². The van der Waals surface area contributed by atoms with Crippen LogP contribution in [-0.4, -0.2) is 37.8 Å². The van der Waals surface area contributed by atoms with Gasteiger partial charge in [0.05, 0.1) is 46.1 Å². The van der Waals surface area contributed by atoms with Gasteiger partial charge in [-0.1, -0.05) is 12.1 Å². The highest BCUT2D eigenvalue weighted by atomic mass is 35.5. The van der Waals surface area contributed by atoms with Crippen LogP contribution in [-0.2, 0) is 21.2 Å². The molecule has 1 heterocycles. The molecule has 0 aromatic heterocycles. The van der Waals surface area contributed by atoms with E-state index in [0.29, 0.717) is 17.2 Å². The fraction of sp³-hybridized carbons (Fsp3) is 0.318. The molecule has 2 N–H and O–H groups in total. The molecule has 2 aliphatic rings. The predicted octanol–water partition coefficient (Wildman–Crippen LogP) is 2.99. The Morgan fingerprint density at radius 1 is 1.24 bits per heavy atom. The highest BCUT2D eigenvalue weighted by Gasteiger charge is 2.57. The number of amides is 1. The second kappa shape index (κ2) is 9.02. The number of fused-ring (bicyclic) bond motifs is 1. The number of sulfone groups is 1. The molecule has 180 valence electrons. The lowest BCUT2D eigenvalue weighted by atomic mass is 10.0. The van der Waals surface area contributed by atoms with Crippen LogP contribution in [0.5, 0.6) is 0 Å². The number of nitriles is 1. The largest absolute Gasteiger partial charge is 0.319 e. The van der Waals surface area contributed by atoms with Crippen molar-refractivity contribution in [1.82, 2.24) is 0 Å². The first-order valence-corrected chi connectivity index (χ1v) is 11.6. The average molecular weight is 514 g/mol.